The number of amides is 2. The van der Waals surface area contributed by atoms with E-state index in [4.69, 9.17) is 0 Å². The highest BCUT2D eigenvalue weighted by Gasteiger charge is 2.40. The summed E-state index contributed by atoms with van der Waals surface area (Å²) in [7, 11) is 0. The molecule has 2 amide bonds. The lowest BCUT2D eigenvalue weighted by molar-refractivity contribution is -0.117. The van der Waals surface area contributed by atoms with Crippen LogP contribution in [-0.4, -0.2) is 65.3 Å². The highest BCUT2D eigenvalue weighted by atomic mass is 32.2. The van der Waals surface area contributed by atoms with Gasteiger partial charge in [-0.1, -0.05) is 6.92 Å². The predicted molar refractivity (Wildman–Crippen MR) is 110 cm³/mol. The van der Waals surface area contributed by atoms with Crippen LogP contribution in [-0.2, 0) is 4.79 Å². The van der Waals surface area contributed by atoms with Crippen molar-refractivity contribution >= 4 is 29.3 Å². The first kappa shape index (κ1) is 18.8. The Kier molecular flexibility index (Phi) is 5.46. The first-order chi connectivity index (χ1) is 13.1. The van der Waals surface area contributed by atoms with Crippen LogP contribution >= 0.6 is 11.8 Å². The van der Waals surface area contributed by atoms with Crippen molar-refractivity contribution in [3.63, 3.8) is 0 Å². The smallest absolute Gasteiger partial charge is 0.253 e. The molecule has 146 valence electrons. The summed E-state index contributed by atoms with van der Waals surface area (Å²) in [4.78, 5) is 29.6. The standard InChI is InChI=1S/C21H29N3O2S/c1-14-11-17(14)20(25)22-16-7-5-15(6-8-16)21(26)24-12-18(19(13-24)27-2)23-9-3-4-10-23/h5-8,14,17-19H,3-4,9-13H2,1-2H3,(H,22,25)/t14-,17+,18-,19+/m0/s1. The Hall–Kier alpha value is -1.53. The lowest BCUT2D eigenvalue weighted by atomic mass is 10.1. The van der Waals surface area contributed by atoms with Crippen LogP contribution in [0.1, 0.15) is 36.5 Å². The van der Waals surface area contributed by atoms with Crippen molar-refractivity contribution < 1.29 is 9.59 Å². The van der Waals surface area contributed by atoms with E-state index in [1.807, 2.05) is 40.9 Å². The summed E-state index contributed by atoms with van der Waals surface area (Å²) in [6.45, 7) is 6.07. The van der Waals surface area contributed by atoms with Crippen LogP contribution in [0.15, 0.2) is 24.3 Å². The quantitative estimate of drug-likeness (QED) is 0.844. The van der Waals surface area contributed by atoms with Crippen molar-refractivity contribution in [2.24, 2.45) is 11.8 Å². The number of thioether (sulfide) groups is 1. The van der Waals surface area contributed by atoms with Gasteiger partial charge in [0.05, 0.1) is 0 Å². The van der Waals surface area contributed by atoms with Crippen molar-refractivity contribution in [3.8, 4) is 0 Å². The highest BCUT2D eigenvalue weighted by Crippen LogP contribution is 2.38. The van der Waals surface area contributed by atoms with E-state index in [0.29, 0.717) is 22.8 Å². The third kappa shape index (κ3) is 4.02. The number of nitrogens with zero attached hydrogens (tertiary/aromatic N) is 2. The monoisotopic (exact) mass is 387 g/mol. The maximum atomic E-state index is 13.0. The van der Waals surface area contributed by atoms with Gasteiger partial charge in [-0.3, -0.25) is 14.5 Å². The number of benzene rings is 1. The molecule has 3 fully saturated rings. The molecule has 1 N–H and O–H groups in total. The summed E-state index contributed by atoms with van der Waals surface area (Å²) in [5.74, 6) is 0.845. The number of carbonyl (C=O) groups is 2. The molecule has 2 saturated heterocycles. The molecule has 4 atom stereocenters. The third-order valence-electron chi connectivity index (χ3n) is 6.28. The number of carbonyl (C=O) groups excluding carboxylic acids is 2. The molecule has 4 rings (SSSR count). The molecule has 0 spiro atoms. The minimum absolute atomic E-state index is 0.0948. The molecule has 1 aromatic carbocycles. The molecule has 6 heteroatoms. The molecule has 0 bridgehead atoms. The van der Waals surface area contributed by atoms with Crippen LogP contribution < -0.4 is 5.32 Å². The molecule has 0 aromatic heterocycles. The van der Waals surface area contributed by atoms with Crippen LogP contribution in [0, 0.1) is 11.8 Å². The zero-order valence-corrected chi connectivity index (χ0v) is 17.0. The molecule has 2 heterocycles. The fraction of sp³-hybridized carbons (Fsp3) is 0.619. The third-order valence-corrected chi connectivity index (χ3v) is 7.35. The summed E-state index contributed by atoms with van der Waals surface area (Å²) < 4.78 is 0. The van der Waals surface area contributed by atoms with E-state index in [0.717, 1.165) is 38.3 Å². The molecule has 0 radical (unpaired) electrons. The Morgan fingerprint density at radius 2 is 1.78 bits per heavy atom. The minimum atomic E-state index is 0.0948. The SMILES string of the molecule is CS[C@@H]1CN(C(=O)c2ccc(NC(=O)[C@@H]3C[C@@H]3C)cc2)C[C@@H]1N1CCCC1. The molecular formula is C21H29N3O2S. The highest BCUT2D eigenvalue weighted by molar-refractivity contribution is 7.99. The number of hydrogen-bond acceptors (Lipinski definition) is 4. The summed E-state index contributed by atoms with van der Waals surface area (Å²) in [6.07, 6.45) is 5.68. The van der Waals surface area contributed by atoms with E-state index >= 15 is 0 Å². The number of nitrogens with one attached hydrogen (secondary N) is 1. The predicted octanol–water partition coefficient (Wildman–Crippen LogP) is 2.93. The van der Waals surface area contributed by atoms with Gasteiger partial charge in [0.25, 0.3) is 5.91 Å². The molecule has 27 heavy (non-hydrogen) atoms. The molecule has 5 nitrogen and oxygen atoms in total. The van der Waals surface area contributed by atoms with Crippen LogP contribution in [0.2, 0.25) is 0 Å². The van der Waals surface area contributed by atoms with Gasteiger partial charge < -0.3 is 10.2 Å². The normalized spacial score (nSPS) is 30.5. The Morgan fingerprint density at radius 1 is 1.11 bits per heavy atom. The summed E-state index contributed by atoms with van der Waals surface area (Å²) in [5.41, 5.74) is 1.48. The van der Waals surface area contributed by atoms with Crippen molar-refractivity contribution in [2.75, 3.05) is 37.8 Å². The molecule has 3 aliphatic rings. The van der Waals surface area contributed by atoms with Crippen LogP contribution in [0.25, 0.3) is 0 Å². The van der Waals surface area contributed by atoms with E-state index in [1.165, 1.54) is 12.8 Å². The number of hydrogen-bond donors (Lipinski definition) is 1. The zero-order valence-electron chi connectivity index (χ0n) is 16.2. The average molecular weight is 388 g/mol. The first-order valence-electron chi connectivity index (χ1n) is 10.0. The molecule has 1 aliphatic carbocycles. The molecule has 1 aromatic rings. The van der Waals surface area contributed by atoms with Crippen LogP contribution in [0.4, 0.5) is 5.69 Å². The van der Waals surface area contributed by atoms with E-state index in [-0.39, 0.29) is 17.7 Å². The largest absolute Gasteiger partial charge is 0.336 e. The molecule has 0 unspecified atom stereocenters. The van der Waals surface area contributed by atoms with Crippen LogP contribution in [0.5, 0.6) is 0 Å². The van der Waals surface area contributed by atoms with Crippen LogP contribution in [0.3, 0.4) is 0 Å². The van der Waals surface area contributed by atoms with Gasteiger partial charge in [-0.05, 0) is 68.8 Å². The van der Waals surface area contributed by atoms with Gasteiger partial charge >= 0.3 is 0 Å². The summed E-state index contributed by atoms with van der Waals surface area (Å²) in [5, 5.41) is 3.45. The maximum absolute atomic E-state index is 13.0. The maximum Gasteiger partial charge on any atom is 0.253 e. The second-order valence-electron chi connectivity index (χ2n) is 8.18. The van der Waals surface area contributed by atoms with Gasteiger partial charge in [0.15, 0.2) is 0 Å². The van der Waals surface area contributed by atoms with Crippen molar-refractivity contribution in [2.45, 2.75) is 37.5 Å². The fourth-order valence-electron chi connectivity index (χ4n) is 4.38. The number of anilines is 1. The van der Waals surface area contributed by atoms with E-state index < -0.39 is 0 Å². The second-order valence-corrected chi connectivity index (χ2v) is 9.26. The Morgan fingerprint density at radius 3 is 2.37 bits per heavy atom. The Labute approximate surface area is 165 Å². The van der Waals surface area contributed by atoms with Crippen molar-refractivity contribution in [1.29, 1.82) is 0 Å². The van der Waals surface area contributed by atoms with Gasteiger partial charge in [0.2, 0.25) is 5.91 Å². The lowest BCUT2D eigenvalue weighted by Crippen LogP contribution is -2.40. The fourth-order valence-corrected chi connectivity index (χ4v) is 5.28. The van der Waals surface area contributed by atoms with Crippen molar-refractivity contribution in [3.05, 3.63) is 29.8 Å². The Balaban J connectivity index is 1.38. The van der Waals surface area contributed by atoms with E-state index in [1.54, 1.807) is 0 Å². The molecule has 1 saturated carbocycles. The topological polar surface area (TPSA) is 52.7 Å². The minimum Gasteiger partial charge on any atom is -0.336 e. The van der Waals surface area contributed by atoms with Gasteiger partial charge in [-0.25, -0.2) is 0 Å². The van der Waals surface area contributed by atoms with Crippen molar-refractivity contribution in [1.82, 2.24) is 9.80 Å². The van der Waals surface area contributed by atoms with Gasteiger partial charge in [-0.15, -0.1) is 0 Å². The van der Waals surface area contributed by atoms with E-state index in [2.05, 4.69) is 23.4 Å². The molecular weight excluding hydrogens is 358 g/mol. The van der Waals surface area contributed by atoms with Gasteiger partial charge in [-0.2, -0.15) is 11.8 Å². The second kappa shape index (κ2) is 7.84. The molecule has 2 aliphatic heterocycles. The number of likely N-dealkylation sites (tertiary alicyclic amines) is 2. The van der Waals surface area contributed by atoms with Gasteiger partial charge in [0.1, 0.15) is 0 Å². The summed E-state index contributed by atoms with van der Waals surface area (Å²) in [6, 6.07) is 7.85. The lowest BCUT2D eigenvalue weighted by Gasteiger charge is -2.27. The van der Waals surface area contributed by atoms with E-state index in [9.17, 15) is 9.59 Å². The van der Waals surface area contributed by atoms with Gasteiger partial charge in [0, 0.05) is 41.6 Å². The Bertz CT molecular complexity index is 702. The zero-order chi connectivity index (χ0) is 19.0. The first-order valence-corrected chi connectivity index (χ1v) is 11.3. The average Bonchev–Trinajstić information content (AvgIpc) is 3.07. The summed E-state index contributed by atoms with van der Waals surface area (Å²) >= 11 is 1.88. The number of rotatable bonds is 5.